The number of carbonyl (C=O) groups excluding carboxylic acids is 1. The number of ether oxygens (including phenoxy) is 1. The Morgan fingerprint density at radius 2 is 2.00 bits per heavy atom. The summed E-state index contributed by atoms with van der Waals surface area (Å²) in [5, 5.41) is 2.63. The average molecular weight is 209 g/mol. The highest BCUT2D eigenvalue weighted by atomic mass is 19.1. The number of rotatable bonds is 2. The zero-order valence-electron chi connectivity index (χ0n) is 8.42. The van der Waals surface area contributed by atoms with E-state index >= 15 is 0 Å². The maximum Gasteiger partial charge on any atom is 0.221 e. The first-order valence-corrected chi connectivity index (χ1v) is 4.75. The van der Waals surface area contributed by atoms with Gasteiger partial charge in [-0.3, -0.25) is 4.79 Å². The van der Waals surface area contributed by atoms with Crippen LogP contribution in [0.3, 0.4) is 0 Å². The van der Waals surface area contributed by atoms with Gasteiger partial charge in [-0.15, -0.1) is 0 Å². The van der Waals surface area contributed by atoms with Gasteiger partial charge >= 0.3 is 0 Å². The van der Waals surface area contributed by atoms with Crippen molar-refractivity contribution in [2.24, 2.45) is 0 Å². The van der Waals surface area contributed by atoms with Crippen molar-refractivity contribution in [1.82, 2.24) is 0 Å². The lowest BCUT2D eigenvalue weighted by Gasteiger charge is -2.34. The van der Waals surface area contributed by atoms with Gasteiger partial charge in [0, 0.05) is 12.6 Å². The topological polar surface area (TPSA) is 38.3 Å². The van der Waals surface area contributed by atoms with Crippen molar-refractivity contribution >= 4 is 11.6 Å². The van der Waals surface area contributed by atoms with Gasteiger partial charge < -0.3 is 10.1 Å². The molecule has 1 aromatic carbocycles. The van der Waals surface area contributed by atoms with Gasteiger partial charge in [-0.25, -0.2) is 4.39 Å². The van der Waals surface area contributed by atoms with Crippen LogP contribution >= 0.6 is 0 Å². The molecule has 80 valence electrons. The Bertz CT molecular complexity index is 371. The summed E-state index contributed by atoms with van der Waals surface area (Å²) in [5.74, 6) is -0.135. The molecule has 0 spiro atoms. The van der Waals surface area contributed by atoms with Crippen LogP contribution in [0.25, 0.3) is 0 Å². The zero-order chi connectivity index (χ0) is 10.9. The molecule has 15 heavy (non-hydrogen) atoms. The molecule has 1 saturated heterocycles. The summed E-state index contributed by atoms with van der Waals surface area (Å²) in [6.45, 7) is 1.67. The second-order valence-corrected chi connectivity index (χ2v) is 3.72. The lowest BCUT2D eigenvalue weighted by molar-refractivity contribution is -0.135. The third-order valence-electron chi connectivity index (χ3n) is 2.38. The van der Waals surface area contributed by atoms with E-state index in [9.17, 15) is 9.18 Å². The van der Waals surface area contributed by atoms with Crippen molar-refractivity contribution in [1.29, 1.82) is 0 Å². The first-order valence-electron chi connectivity index (χ1n) is 4.75. The fraction of sp³-hybridized carbons (Fsp3) is 0.364. The van der Waals surface area contributed by atoms with Gasteiger partial charge in [-0.2, -0.15) is 0 Å². The van der Waals surface area contributed by atoms with E-state index in [1.54, 1.807) is 24.3 Å². The first kappa shape index (κ1) is 10.1. The molecule has 1 heterocycles. The van der Waals surface area contributed by atoms with Crippen molar-refractivity contribution in [3.8, 4) is 0 Å². The zero-order valence-corrected chi connectivity index (χ0v) is 8.42. The van der Waals surface area contributed by atoms with Crippen LogP contribution in [0.15, 0.2) is 24.3 Å². The molecule has 1 N–H and O–H groups in total. The summed E-state index contributed by atoms with van der Waals surface area (Å²) in [6.07, 6.45) is 0. The Morgan fingerprint density at radius 3 is 2.40 bits per heavy atom. The van der Waals surface area contributed by atoms with Crippen LogP contribution in [0, 0.1) is 0 Å². The number of anilines is 1. The molecule has 0 radical (unpaired) electrons. The van der Waals surface area contributed by atoms with Crippen LogP contribution in [-0.2, 0) is 15.2 Å². The number of nitrogens with one attached hydrogen (secondary N) is 1. The highest BCUT2D eigenvalue weighted by Crippen LogP contribution is 2.34. The summed E-state index contributed by atoms with van der Waals surface area (Å²) in [5.41, 5.74) is -0.0627. The summed E-state index contributed by atoms with van der Waals surface area (Å²) in [6, 6.07) is 6.73. The van der Waals surface area contributed by atoms with Crippen LogP contribution in [-0.4, -0.2) is 19.1 Å². The minimum atomic E-state index is -1.34. The number of benzene rings is 1. The van der Waals surface area contributed by atoms with Crippen LogP contribution in [0.4, 0.5) is 10.1 Å². The predicted octanol–water partition coefficient (Wildman–Crippen LogP) is 1.84. The summed E-state index contributed by atoms with van der Waals surface area (Å²) < 4.78 is 18.7. The quantitative estimate of drug-likeness (QED) is 0.807. The van der Waals surface area contributed by atoms with Crippen LogP contribution < -0.4 is 5.32 Å². The molecular formula is C11H12FNO2. The number of hydrogen-bond donors (Lipinski definition) is 1. The largest absolute Gasteiger partial charge is 0.374 e. The molecule has 0 unspecified atom stereocenters. The van der Waals surface area contributed by atoms with Crippen molar-refractivity contribution in [3.63, 3.8) is 0 Å². The third-order valence-corrected chi connectivity index (χ3v) is 2.38. The maximum atomic E-state index is 13.8. The van der Waals surface area contributed by atoms with Crippen LogP contribution in [0.5, 0.6) is 0 Å². The fourth-order valence-corrected chi connectivity index (χ4v) is 1.50. The second-order valence-electron chi connectivity index (χ2n) is 3.72. The van der Waals surface area contributed by atoms with Crippen molar-refractivity contribution in [2.45, 2.75) is 12.6 Å². The van der Waals surface area contributed by atoms with Gasteiger partial charge in [-0.1, -0.05) is 12.1 Å². The number of carbonyl (C=O) groups is 1. The van der Waals surface area contributed by atoms with Gasteiger partial charge in [0.05, 0.1) is 13.2 Å². The lowest BCUT2D eigenvalue weighted by atomic mass is 9.94. The Balaban J connectivity index is 2.13. The molecule has 2 rings (SSSR count). The molecule has 0 aromatic heterocycles. The maximum absolute atomic E-state index is 13.8. The molecule has 0 saturated carbocycles. The summed E-state index contributed by atoms with van der Waals surface area (Å²) in [4.78, 5) is 10.8. The highest BCUT2D eigenvalue weighted by Gasteiger charge is 2.40. The SMILES string of the molecule is CC(=O)Nc1ccc(C2(F)COC2)cc1. The van der Waals surface area contributed by atoms with Crippen molar-refractivity contribution in [3.05, 3.63) is 29.8 Å². The minimum Gasteiger partial charge on any atom is -0.374 e. The summed E-state index contributed by atoms with van der Waals surface area (Å²) in [7, 11) is 0. The Labute approximate surface area is 87.2 Å². The van der Waals surface area contributed by atoms with Gasteiger partial charge in [0.1, 0.15) is 0 Å². The molecule has 1 amide bonds. The monoisotopic (exact) mass is 209 g/mol. The molecule has 1 aliphatic rings. The van der Waals surface area contributed by atoms with Gasteiger partial charge in [0.15, 0.2) is 5.67 Å². The van der Waals surface area contributed by atoms with Crippen LogP contribution in [0.1, 0.15) is 12.5 Å². The van der Waals surface area contributed by atoms with E-state index in [0.717, 1.165) is 0 Å². The van der Waals surface area contributed by atoms with E-state index in [-0.39, 0.29) is 19.1 Å². The second kappa shape index (κ2) is 3.62. The van der Waals surface area contributed by atoms with Gasteiger partial charge in [-0.05, 0) is 17.7 Å². The summed E-state index contributed by atoms with van der Waals surface area (Å²) >= 11 is 0. The lowest BCUT2D eigenvalue weighted by Crippen LogP contribution is -2.42. The number of halogens is 1. The molecule has 1 aliphatic heterocycles. The molecule has 4 heteroatoms. The Morgan fingerprint density at radius 1 is 1.40 bits per heavy atom. The van der Waals surface area contributed by atoms with Gasteiger partial charge in [0.2, 0.25) is 5.91 Å². The molecular weight excluding hydrogens is 197 g/mol. The van der Waals surface area contributed by atoms with Gasteiger partial charge in [0.25, 0.3) is 0 Å². The van der Waals surface area contributed by atoms with E-state index in [1.165, 1.54) is 6.92 Å². The molecule has 0 atom stereocenters. The Kier molecular flexibility index (Phi) is 2.44. The standard InChI is InChI=1S/C11H12FNO2/c1-8(14)13-10-4-2-9(3-5-10)11(12)6-15-7-11/h2-5H,6-7H2,1H3,(H,13,14). The predicted molar refractivity (Wildman–Crippen MR) is 54.4 cm³/mol. The fourth-order valence-electron chi connectivity index (χ4n) is 1.50. The third kappa shape index (κ3) is 1.99. The van der Waals surface area contributed by atoms with Crippen LogP contribution in [0.2, 0.25) is 0 Å². The van der Waals surface area contributed by atoms with Crippen molar-refractivity contribution < 1.29 is 13.9 Å². The smallest absolute Gasteiger partial charge is 0.221 e. The average Bonchev–Trinajstić information content (AvgIpc) is 2.14. The Hall–Kier alpha value is -1.42. The molecule has 0 aliphatic carbocycles. The number of hydrogen-bond acceptors (Lipinski definition) is 2. The first-order chi connectivity index (χ1) is 7.10. The molecule has 1 aromatic rings. The van der Waals surface area contributed by atoms with E-state index in [2.05, 4.69) is 5.32 Å². The van der Waals surface area contributed by atoms with E-state index in [4.69, 9.17) is 4.74 Å². The molecule has 1 fully saturated rings. The number of alkyl halides is 1. The van der Waals surface area contributed by atoms with E-state index < -0.39 is 5.67 Å². The molecule has 0 bridgehead atoms. The highest BCUT2D eigenvalue weighted by molar-refractivity contribution is 5.88. The molecule has 3 nitrogen and oxygen atoms in total. The van der Waals surface area contributed by atoms with E-state index in [1.807, 2.05) is 0 Å². The van der Waals surface area contributed by atoms with Crippen molar-refractivity contribution in [2.75, 3.05) is 18.5 Å². The minimum absolute atomic E-state index is 0.118. The normalized spacial score (nSPS) is 18.0. The number of amides is 1. The van der Waals surface area contributed by atoms with E-state index in [0.29, 0.717) is 11.3 Å².